The van der Waals surface area contributed by atoms with Crippen molar-refractivity contribution < 1.29 is 9.53 Å². The van der Waals surface area contributed by atoms with Crippen molar-refractivity contribution in [3.05, 3.63) is 64.1 Å². The summed E-state index contributed by atoms with van der Waals surface area (Å²) in [4.78, 5) is 18.5. The third-order valence-corrected chi connectivity index (χ3v) is 4.46. The van der Waals surface area contributed by atoms with E-state index in [9.17, 15) is 4.79 Å². The van der Waals surface area contributed by atoms with Gasteiger partial charge in [0.05, 0.1) is 7.11 Å². The van der Waals surface area contributed by atoms with Crippen LogP contribution in [0.15, 0.2) is 58.0 Å². The molecule has 2 aromatic rings. The molecule has 0 atom stereocenters. The van der Waals surface area contributed by atoms with E-state index in [1.54, 1.807) is 32.4 Å². The highest BCUT2D eigenvalue weighted by molar-refractivity contribution is 14.0. The standard InChI is InChI=1S/C20H25BrN4O2.HI/c1-22-20(25(2)14-15-7-9-17(21)10-8-15)24-12-11-23-19(26)16-5-4-6-18(13-16)27-3;/h4-10,13H,11-12,14H2,1-3H3,(H,22,24)(H,23,26);1H. The average Bonchev–Trinajstić information content (AvgIpc) is 2.69. The Bertz CT molecular complexity index is 784. The lowest BCUT2D eigenvalue weighted by Crippen LogP contribution is -2.42. The molecule has 2 N–H and O–H groups in total. The molecule has 2 aromatic carbocycles. The van der Waals surface area contributed by atoms with Gasteiger partial charge in [0.15, 0.2) is 5.96 Å². The lowest BCUT2D eigenvalue weighted by molar-refractivity contribution is 0.0954. The summed E-state index contributed by atoms with van der Waals surface area (Å²) in [5.74, 6) is 1.30. The highest BCUT2D eigenvalue weighted by atomic mass is 127. The van der Waals surface area contributed by atoms with Crippen molar-refractivity contribution in [3.63, 3.8) is 0 Å². The van der Waals surface area contributed by atoms with E-state index >= 15 is 0 Å². The summed E-state index contributed by atoms with van der Waals surface area (Å²) in [7, 11) is 5.30. The summed E-state index contributed by atoms with van der Waals surface area (Å²) in [6.07, 6.45) is 0. The number of aliphatic imine (C=N–C) groups is 1. The number of amides is 1. The number of hydrogen-bond acceptors (Lipinski definition) is 3. The van der Waals surface area contributed by atoms with Gasteiger partial charge in [0, 0.05) is 43.8 Å². The summed E-state index contributed by atoms with van der Waals surface area (Å²) in [6, 6.07) is 15.3. The highest BCUT2D eigenvalue weighted by Crippen LogP contribution is 2.12. The predicted octanol–water partition coefficient (Wildman–Crippen LogP) is 3.51. The third-order valence-electron chi connectivity index (χ3n) is 3.93. The molecule has 152 valence electrons. The molecule has 0 fully saturated rings. The Kier molecular flexibility index (Phi) is 10.9. The van der Waals surface area contributed by atoms with Crippen molar-refractivity contribution in [3.8, 4) is 5.75 Å². The quantitative estimate of drug-likeness (QED) is 0.235. The fourth-order valence-corrected chi connectivity index (χ4v) is 2.80. The first-order chi connectivity index (χ1) is 13.0. The summed E-state index contributed by atoms with van der Waals surface area (Å²) in [5.41, 5.74) is 1.76. The van der Waals surface area contributed by atoms with Crippen LogP contribution in [-0.4, -0.2) is 51.1 Å². The number of carbonyl (C=O) groups is 1. The van der Waals surface area contributed by atoms with Gasteiger partial charge in [-0.1, -0.05) is 34.1 Å². The van der Waals surface area contributed by atoms with Crippen molar-refractivity contribution in [2.24, 2.45) is 4.99 Å². The van der Waals surface area contributed by atoms with E-state index in [-0.39, 0.29) is 29.9 Å². The predicted molar refractivity (Wildman–Crippen MR) is 128 cm³/mol. The monoisotopic (exact) mass is 560 g/mol. The normalized spacial score (nSPS) is 10.6. The third kappa shape index (κ3) is 7.67. The second-order valence-electron chi connectivity index (χ2n) is 5.94. The zero-order valence-electron chi connectivity index (χ0n) is 16.2. The Hall–Kier alpha value is -1.81. The number of nitrogens with one attached hydrogen (secondary N) is 2. The molecule has 0 unspecified atom stereocenters. The second kappa shape index (κ2) is 12.6. The van der Waals surface area contributed by atoms with E-state index in [1.165, 1.54) is 5.56 Å². The first kappa shape index (κ1) is 24.2. The lowest BCUT2D eigenvalue weighted by atomic mass is 10.2. The zero-order valence-corrected chi connectivity index (χ0v) is 20.2. The van der Waals surface area contributed by atoms with Crippen molar-refractivity contribution in [1.82, 2.24) is 15.5 Å². The van der Waals surface area contributed by atoms with Crippen molar-refractivity contribution >= 4 is 51.8 Å². The summed E-state index contributed by atoms with van der Waals surface area (Å²) in [5, 5.41) is 6.15. The highest BCUT2D eigenvalue weighted by Gasteiger charge is 2.08. The maximum atomic E-state index is 12.2. The van der Waals surface area contributed by atoms with Crippen LogP contribution in [0.3, 0.4) is 0 Å². The second-order valence-corrected chi connectivity index (χ2v) is 6.86. The Morgan fingerprint density at radius 1 is 1.14 bits per heavy atom. The molecule has 0 aromatic heterocycles. The fourth-order valence-electron chi connectivity index (χ4n) is 2.54. The first-order valence-electron chi connectivity index (χ1n) is 8.62. The van der Waals surface area contributed by atoms with Crippen LogP contribution in [0.5, 0.6) is 5.75 Å². The maximum Gasteiger partial charge on any atom is 0.251 e. The van der Waals surface area contributed by atoms with E-state index < -0.39 is 0 Å². The molecule has 28 heavy (non-hydrogen) atoms. The van der Waals surface area contributed by atoms with Crippen molar-refractivity contribution in [2.75, 3.05) is 34.3 Å². The van der Waals surface area contributed by atoms with Gasteiger partial charge in [-0.05, 0) is 35.9 Å². The van der Waals surface area contributed by atoms with Crippen LogP contribution >= 0.6 is 39.9 Å². The van der Waals surface area contributed by atoms with Gasteiger partial charge in [-0.3, -0.25) is 9.79 Å². The Labute approximate surface area is 191 Å². The first-order valence-corrected chi connectivity index (χ1v) is 9.41. The molecule has 0 heterocycles. The van der Waals surface area contributed by atoms with Crippen LogP contribution in [0.2, 0.25) is 0 Å². The van der Waals surface area contributed by atoms with Crippen LogP contribution in [0.1, 0.15) is 15.9 Å². The van der Waals surface area contributed by atoms with Crippen LogP contribution in [0.25, 0.3) is 0 Å². The van der Waals surface area contributed by atoms with E-state index in [4.69, 9.17) is 4.74 Å². The molecule has 0 aliphatic heterocycles. The van der Waals surface area contributed by atoms with Gasteiger partial charge in [-0.25, -0.2) is 0 Å². The van der Waals surface area contributed by atoms with Gasteiger partial charge in [-0.2, -0.15) is 0 Å². The average molecular weight is 561 g/mol. The van der Waals surface area contributed by atoms with E-state index in [0.717, 1.165) is 17.0 Å². The summed E-state index contributed by atoms with van der Waals surface area (Å²) >= 11 is 3.44. The molecule has 2 rings (SSSR count). The van der Waals surface area contributed by atoms with Gasteiger partial charge >= 0.3 is 0 Å². The van der Waals surface area contributed by atoms with Gasteiger partial charge in [0.25, 0.3) is 5.91 Å². The largest absolute Gasteiger partial charge is 0.497 e. The number of ether oxygens (including phenoxy) is 1. The van der Waals surface area contributed by atoms with E-state index in [1.807, 2.05) is 30.1 Å². The summed E-state index contributed by atoms with van der Waals surface area (Å²) < 4.78 is 6.20. The Balaban J connectivity index is 0.00000392. The molecule has 0 spiro atoms. The molecular formula is C20H26BrIN4O2. The lowest BCUT2D eigenvalue weighted by Gasteiger charge is -2.22. The fraction of sp³-hybridized carbons (Fsp3) is 0.300. The topological polar surface area (TPSA) is 66.0 Å². The number of nitrogens with zero attached hydrogens (tertiary/aromatic N) is 2. The van der Waals surface area contributed by atoms with Gasteiger partial charge in [-0.15, -0.1) is 24.0 Å². The van der Waals surface area contributed by atoms with Crippen LogP contribution in [-0.2, 0) is 6.54 Å². The molecule has 0 saturated carbocycles. The SMILES string of the molecule is CN=C(NCCNC(=O)c1cccc(OC)c1)N(C)Cc1ccc(Br)cc1.I. The van der Waals surface area contributed by atoms with Crippen LogP contribution in [0.4, 0.5) is 0 Å². The van der Waals surface area contributed by atoms with Gasteiger partial charge in [0.1, 0.15) is 5.75 Å². The van der Waals surface area contributed by atoms with E-state index in [2.05, 4.69) is 43.7 Å². The number of benzene rings is 2. The minimum absolute atomic E-state index is 0. The molecule has 8 heteroatoms. The van der Waals surface area contributed by atoms with E-state index in [0.29, 0.717) is 24.4 Å². The molecular weight excluding hydrogens is 535 g/mol. The van der Waals surface area contributed by atoms with Gasteiger partial charge in [0.2, 0.25) is 0 Å². The van der Waals surface area contributed by atoms with Crippen molar-refractivity contribution in [1.29, 1.82) is 0 Å². The number of guanidine groups is 1. The maximum absolute atomic E-state index is 12.2. The molecule has 0 radical (unpaired) electrons. The molecule has 0 saturated heterocycles. The minimum atomic E-state index is -0.131. The smallest absolute Gasteiger partial charge is 0.251 e. The van der Waals surface area contributed by atoms with Gasteiger partial charge < -0.3 is 20.3 Å². The molecule has 0 aliphatic carbocycles. The molecule has 0 aliphatic rings. The molecule has 0 bridgehead atoms. The number of halogens is 2. The molecule has 6 nitrogen and oxygen atoms in total. The molecule has 1 amide bonds. The zero-order chi connectivity index (χ0) is 19.6. The van der Waals surface area contributed by atoms with Crippen LogP contribution < -0.4 is 15.4 Å². The summed E-state index contributed by atoms with van der Waals surface area (Å²) in [6.45, 7) is 1.80. The number of carbonyl (C=O) groups excluding carboxylic acids is 1. The number of rotatable bonds is 7. The number of hydrogen-bond donors (Lipinski definition) is 2. The minimum Gasteiger partial charge on any atom is -0.497 e. The van der Waals surface area contributed by atoms with Crippen molar-refractivity contribution in [2.45, 2.75) is 6.54 Å². The van der Waals surface area contributed by atoms with Crippen LogP contribution in [0, 0.1) is 0 Å². The Morgan fingerprint density at radius 3 is 2.46 bits per heavy atom. The Morgan fingerprint density at radius 2 is 1.82 bits per heavy atom. The number of methoxy groups -OCH3 is 1.